The van der Waals surface area contributed by atoms with Crippen molar-refractivity contribution in [3.63, 3.8) is 0 Å². The third-order valence-corrected chi connectivity index (χ3v) is 8.45. The van der Waals surface area contributed by atoms with E-state index in [-0.39, 0.29) is 10.6 Å². The van der Waals surface area contributed by atoms with Crippen LogP contribution in [0.25, 0.3) is 0 Å². The van der Waals surface area contributed by atoms with Gasteiger partial charge >= 0.3 is 0 Å². The molecule has 0 spiro atoms. The molecule has 2 aromatic carbocycles. The predicted molar refractivity (Wildman–Crippen MR) is 113 cm³/mol. The Hall–Kier alpha value is -2.06. The van der Waals surface area contributed by atoms with Crippen molar-refractivity contribution >= 4 is 31.4 Å². The smallest absolute Gasteiger partial charge is 0.262 e. The number of aryl methyl sites for hydroxylation is 4. The van der Waals surface area contributed by atoms with Crippen molar-refractivity contribution in [1.29, 1.82) is 0 Å². The van der Waals surface area contributed by atoms with Crippen molar-refractivity contribution in [3.8, 4) is 0 Å². The summed E-state index contributed by atoms with van der Waals surface area (Å²) in [4.78, 5) is 0.283. The van der Waals surface area contributed by atoms with Crippen molar-refractivity contribution in [2.75, 3.05) is 21.3 Å². The van der Waals surface area contributed by atoms with Gasteiger partial charge in [0.05, 0.1) is 16.3 Å². The summed E-state index contributed by atoms with van der Waals surface area (Å²) in [5, 5.41) is 0. The van der Waals surface area contributed by atoms with Crippen LogP contribution in [-0.2, 0) is 26.5 Å². The molecule has 0 saturated heterocycles. The minimum Gasteiger partial charge on any atom is -0.280 e. The zero-order chi connectivity index (χ0) is 20.7. The van der Waals surface area contributed by atoms with E-state index in [0.717, 1.165) is 11.1 Å². The summed E-state index contributed by atoms with van der Waals surface area (Å²) in [6, 6.07) is 8.75. The number of hydrogen-bond acceptors (Lipinski definition) is 4. The number of nitrogens with one attached hydrogen (secondary N) is 1. The molecule has 152 valence electrons. The highest BCUT2D eigenvalue weighted by Crippen LogP contribution is 2.33. The van der Waals surface area contributed by atoms with E-state index in [4.69, 9.17) is 0 Å². The molecule has 0 unspecified atom stereocenters. The summed E-state index contributed by atoms with van der Waals surface area (Å²) in [7, 11) is -7.09. The van der Waals surface area contributed by atoms with E-state index < -0.39 is 20.0 Å². The molecule has 0 fully saturated rings. The Bertz CT molecular complexity index is 1100. The summed E-state index contributed by atoms with van der Waals surface area (Å²) in [5.41, 5.74) is 4.32. The standard InChI is InChI=1S/C20H26N2O4S2/c1-5-27(23,24)22-10-6-7-17-13-18(8-9-19(17)22)21-28(25,26)20-15(3)11-14(2)12-16(20)4/h8-9,11-13,21H,5-7,10H2,1-4H3. The van der Waals surface area contributed by atoms with Gasteiger partial charge in [0, 0.05) is 12.2 Å². The molecule has 1 aliphatic rings. The molecular formula is C20H26N2O4S2. The average molecular weight is 423 g/mol. The van der Waals surface area contributed by atoms with Crippen LogP contribution in [0.15, 0.2) is 35.2 Å². The number of sulfonamides is 2. The third kappa shape index (κ3) is 3.89. The fraction of sp³-hybridized carbons (Fsp3) is 0.400. The first-order valence-corrected chi connectivity index (χ1v) is 12.4. The molecule has 28 heavy (non-hydrogen) atoms. The molecule has 0 radical (unpaired) electrons. The molecule has 1 aliphatic heterocycles. The molecule has 0 bridgehead atoms. The van der Waals surface area contributed by atoms with E-state index in [1.807, 2.05) is 19.1 Å². The summed E-state index contributed by atoms with van der Waals surface area (Å²) in [6.45, 7) is 7.58. The zero-order valence-electron chi connectivity index (χ0n) is 16.6. The van der Waals surface area contributed by atoms with Crippen LogP contribution in [0.4, 0.5) is 11.4 Å². The van der Waals surface area contributed by atoms with E-state index in [1.54, 1.807) is 39.0 Å². The summed E-state index contributed by atoms with van der Waals surface area (Å²) >= 11 is 0. The molecule has 0 aliphatic carbocycles. The molecule has 1 heterocycles. The Kier molecular flexibility index (Phi) is 5.46. The summed E-state index contributed by atoms with van der Waals surface area (Å²) in [5.74, 6) is 0.0345. The van der Waals surface area contributed by atoms with Gasteiger partial charge in [-0.15, -0.1) is 0 Å². The fourth-order valence-corrected chi connectivity index (χ4v) is 6.57. The van der Waals surface area contributed by atoms with Crippen LogP contribution < -0.4 is 9.03 Å². The Morgan fingerprint density at radius 1 is 1.00 bits per heavy atom. The van der Waals surface area contributed by atoms with Gasteiger partial charge in [-0.2, -0.15) is 0 Å². The maximum absolute atomic E-state index is 13.0. The van der Waals surface area contributed by atoms with Crippen LogP contribution in [0, 0.1) is 20.8 Å². The average Bonchev–Trinajstić information content (AvgIpc) is 2.59. The lowest BCUT2D eigenvalue weighted by Crippen LogP contribution is -2.36. The first-order valence-electron chi connectivity index (χ1n) is 9.29. The molecule has 8 heteroatoms. The lowest BCUT2D eigenvalue weighted by atomic mass is 10.0. The third-order valence-electron chi connectivity index (χ3n) is 4.98. The summed E-state index contributed by atoms with van der Waals surface area (Å²) in [6.07, 6.45) is 1.42. The van der Waals surface area contributed by atoms with Crippen molar-refractivity contribution in [3.05, 3.63) is 52.6 Å². The van der Waals surface area contributed by atoms with Gasteiger partial charge in [-0.1, -0.05) is 17.7 Å². The van der Waals surface area contributed by atoms with E-state index in [0.29, 0.717) is 41.9 Å². The molecule has 1 N–H and O–H groups in total. The lowest BCUT2D eigenvalue weighted by Gasteiger charge is -2.30. The molecule has 3 rings (SSSR count). The first kappa shape index (κ1) is 20.7. The zero-order valence-corrected chi connectivity index (χ0v) is 18.2. The van der Waals surface area contributed by atoms with E-state index in [2.05, 4.69) is 4.72 Å². The van der Waals surface area contributed by atoms with E-state index >= 15 is 0 Å². The lowest BCUT2D eigenvalue weighted by molar-refractivity contribution is 0.587. The van der Waals surface area contributed by atoms with Crippen LogP contribution >= 0.6 is 0 Å². The monoisotopic (exact) mass is 422 g/mol. The Morgan fingerprint density at radius 2 is 1.64 bits per heavy atom. The van der Waals surface area contributed by atoms with Gasteiger partial charge in [0.25, 0.3) is 10.0 Å². The molecule has 6 nitrogen and oxygen atoms in total. The van der Waals surface area contributed by atoms with Crippen LogP contribution in [-0.4, -0.2) is 29.1 Å². The van der Waals surface area contributed by atoms with Gasteiger partial charge in [-0.05, 0) is 75.4 Å². The van der Waals surface area contributed by atoms with Crippen LogP contribution in [0.5, 0.6) is 0 Å². The minimum absolute atomic E-state index is 0.0345. The SMILES string of the molecule is CCS(=O)(=O)N1CCCc2cc(NS(=O)(=O)c3c(C)cc(C)cc3C)ccc21. The molecular weight excluding hydrogens is 396 g/mol. The number of rotatable bonds is 5. The predicted octanol–water partition coefficient (Wildman–Crippen LogP) is 3.51. The van der Waals surface area contributed by atoms with Crippen molar-refractivity contribution in [1.82, 2.24) is 0 Å². The second-order valence-corrected chi connectivity index (χ2v) is 11.1. The second kappa shape index (κ2) is 7.40. The fourth-order valence-electron chi connectivity index (χ4n) is 3.87. The van der Waals surface area contributed by atoms with Gasteiger partial charge in [0.1, 0.15) is 0 Å². The molecule has 0 atom stereocenters. The van der Waals surface area contributed by atoms with Crippen molar-refractivity contribution in [2.45, 2.75) is 45.4 Å². The minimum atomic E-state index is -3.75. The Balaban J connectivity index is 1.97. The molecule has 0 aromatic heterocycles. The Labute approximate surface area is 167 Å². The van der Waals surface area contributed by atoms with Gasteiger partial charge in [0.15, 0.2) is 0 Å². The van der Waals surface area contributed by atoms with E-state index in [1.165, 1.54) is 4.31 Å². The Morgan fingerprint density at radius 3 is 2.25 bits per heavy atom. The quantitative estimate of drug-likeness (QED) is 0.799. The normalized spacial score (nSPS) is 14.6. The number of nitrogens with zero attached hydrogens (tertiary/aromatic N) is 1. The van der Waals surface area contributed by atoms with Crippen molar-refractivity contribution in [2.24, 2.45) is 0 Å². The first-order chi connectivity index (χ1) is 13.0. The van der Waals surface area contributed by atoms with E-state index in [9.17, 15) is 16.8 Å². The van der Waals surface area contributed by atoms with Gasteiger partial charge < -0.3 is 0 Å². The van der Waals surface area contributed by atoms with Gasteiger partial charge in [-0.25, -0.2) is 16.8 Å². The molecule has 2 aromatic rings. The highest BCUT2D eigenvalue weighted by atomic mass is 32.2. The second-order valence-electron chi connectivity index (χ2n) is 7.25. The topological polar surface area (TPSA) is 83.6 Å². The van der Waals surface area contributed by atoms with Gasteiger partial charge in [0.2, 0.25) is 10.0 Å². The number of anilines is 2. The van der Waals surface area contributed by atoms with Crippen LogP contribution in [0.2, 0.25) is 0 Å². The number of benzene rings is 2. The summed E-state index contributed by atoms with van der Waals surface area (Å²) < 4.78 is 54.7. The van der Waals surface area contributed by atoms with Crippen LogP contribution in [0.1, 0.15) is 35.6 Å². The maximum Gasteiger partial charge on any atom is 0.262 e. The van der Waals surface area contributed by atoms with Crippen LogP contribution in [0.3, 0.4) is 0 Å². The highest BCUT2D eigenvalue weighted by molar-refractivity contribution is 7.93. The highest BCUT2D eigenvalue weighted by Gasteiger charge is 2.27. The largest absolute Gasteiger partial charge is 0.280 e. The van der Waals surface area contributed by atoms with Crippen molar-refractivity contribution < 1.29 is 16.8 Å². The molecule has 0 amide bonds. The number of hydrogen-bond donors (Lipinski definition) is 1. The van der Waals surface area contributed by atoms with Gasteiger partial charge in [-0.3, -0.25) is 9.03 Å². The maximum atomic E-state index is 13.0. The molecule has 0 saturated carbocycles. The number of fused-ring (bicyclic) bond motifs is 1.